The van der Waals surface area contributed by atoms with Crippen LogP contribution in [0.15, 0.2) is 87.7 Å². The molecule has 1 heterocycles. The van der Waals surface area contributed by atoms with Gasteiger partial charge in [0.2, 0.25) is 0 Å². The van der Waals surface area contributed by atoms with Crippen molar-refractivity contribution in [2.45, 2.75) is 4.90 Å². The molecule has 3 heteroatoms. The van der Waals surface area contributed by atoms with Gasteiger partial charge < -0.3 is 4.90 Å². The lowest BCUT2D eigenvalue weighted by atomic mass is 10.3. The number of fused-ring (bicyclic) bond motifs is 1. The number of nitrogens with zero attached hydrogens (tertiary/aromatic N) is 2. The minimum absolute atomic E-state index is 0.967. The van der Waals surface area contributed by atoms with E-state index >= 15 is 0 Å². The normalized spacial score (nSPS) is 16.2. The van der Waals surface area contributed by atoms with Crippen LogP contribution in [0.3, 0.4) is 0 Å². The summed E-state index contributed by atoms with van der Waals surface area (Å²) < 4.78 is 0. The van der Waals surface area contributed by atoms with Crippen molar-refractivity contribution in [3.8, 4) is 0 Å². The van der Waals surface area contributed by atoms with Crippen LogP contribution >= 0.6 is 11.8 Å². The van der Waals surface area contributed by atoms with Crippen LogP contribution in [0.4, 0.5) is 11.4 Å². The molecule has 21 heavy (non-hydrogen) atoms. The number of benzene rings is 2. The minimum atomic E-state index is 0.967. The highest BCUT2D eigenvalue weighted by atomic mass is 32.2. The van der Waals surface area contributed by atoms with Gasteiger partial charge in [-0.1, -0.05) is 48.2 Å². The molecule has 1 aliphatic heterocycles. The van der Waals surface area contributed by atoms with E-state index in [1.165, 1.54) is 15.6 Å². The Bertz CT molecular complexity index is 702. The van der Waals surface area contributed by atoms with Crippen molar-refractivity contribution < 1.29 is 0 Å². The molecule has 0 spiro atoms. The third-order valence-electron chi connectivity index (χ3n) is 3.19. The second-order valence-electron chi connectivity index (χ2n) is 4.63. The number of hydrogen-bond donors (Lipinski definition) is 0. The fourth-order valence-corrected chi connectivity index (χ4v) is 3.16. The van der Waals surface area contributed by atoms with Gasteiger partial charge in [-0.3, -0.25) is 4.99 Å². The van der Waals surface area contributed by atoms with E-state index < -0.39 is 0 Å². The highest BCUT2D eigenvalue weighted by Crippen LogP contribution is 2.44. The molecule has 0 unspecified atom stereocenters. The smallest absolute Gasteiger partial charge is 0.0798 e. The number of aliphatic imine (C=N–C) groups is 1. The average molecular weight is 292 g/mol. The van der Waals surface area contributed by atoms with Gasteiger partial charge in [0.05, 0.1) is 16.4 Å². The van der Waals surface area contributed by atoms with E-state index in [1.54, 1.807) is 11.8 Å². The average Bonchev–Trinajstić information content (AvgIpc) is 2.85. The molecule has 2 aromatic rings. The molecule has 1 aliphatic rings. The van der Waals surface area contributed by atoms with Crippen molar-refractivity contribution in [3.63, 3.8) is 0 Å². The Morgan fingerprint density at radius 1 is 0.952 bits per heavy atom. The van der Waals surface area contributed by atoms with Crippen LogP contribution in [0.5, 0.6) is 0 Å². The van der Waals surface area contributed by atoms with Gasteiger partial charge in [-0.05, 0) is 36.4 Å². The second-order valence-corrected chi connectivity index (χ2v) is 5.69. The summed E-state index contributed by atoms with van der Waals surface area (Å²) in [5.74, 6) is 0. The molecule has 0 saturated heterocycles. The Balaban J connectivity index is 1.65. The third kappa shape index (κ3) is 3.26. The van der Waals surface area contributed by atoms with Gasteiger partial charge in [0.1, 0.15) is 0 Å². The van der Waals surface area contributed by atoms with Crippen LogP contribution in [0.2, 0.25) is 0 Å². The van der Waals surface area contributed by atoms with Crippen molar-refractivity contribution in [1.29, 1.82) is 0 Å². The molecule has 0 fully saturated rings. The van der Waals surface area contributed by atoms with Crippen molar-refractivity contribution in [1.82, 2.24) is 0 Å². The summed E-state index contributed by atoms with van der Waals surface area (Å²) in [4.78, 5) is 7.88. The quantitative estimate of drug-likeness (QED) is 0.737. The van der Waals surface area contributed by atoms with Crippen LogP contribution in [0, 0.1) is 0 Å². The molecule has 104 valence electrons. The standard InChI is InChI=1S/C18H16N2S/c1-20-16-11-5-6-12-17(16)21-18(20)13-7-8-14-19-15-9-3-2-4-10-15/h2-14H,1H3/b8-7+,18-13+,19-14?. The summed E-state index contributed by atoms with van der Waals surface area (Å²) in [6.45, 7) is 0. The van der Waals surface area contributed by atoms with Gasteiger partial charge in [0.15, 0.2) is 0 Å². The fraction of sp³-hybridized carbons (Fsp3) is 0.0556. The van der Waals surface area contributed by atoms with Crippen molar-refractivity contribution in [3.05, 3.63) is 77.9 Å². The van der Waals surface area contributed by atoms with Gasteiger partial charge in [0.25, 0.3) is 0 Å². The largest absolute Gasteiger partial charge is 0.338 e. The maximum absolute atomic E-state index is 4.37. The Morgan fingerprint density at radius 3 is 2.52 bits per heavy atom. The van der Waals surface area contributed by atoms with Crippen LogP contribution < -0.4 is 4.90 Å². The van der Waals surface area contributed by atoms with Gasteiger partial charge in [-0.25, -0.2) is 0 Å². The molecule has 3 rings (SSSR count). The van der Waals surface area contributed by atoms with Gasteiger partial charge in [-0.15, -0.1) is 0 Å². The van der Waals surface area contributed by atoms with Crippen LogP contribution in [0.1, 0.15) is 0 Å². The van der Waals surface area contributed by atoms with E-state index in [-0.39, 0.29) is 0 Å². The van der Waals surface area contributed by atoms with Crippen molar-refractivity contribution in [2.24, 2.45) is 4.99 Å². The first-order chi connectivity index (χ1) is 10.3. The predicted octanol–water partition coefficient (Wildman–Crippen LogP) is 5.03. The predicted molar refractivity (Wildman–Crippen MR) is 92.5 cm³/mol. The maximum Gasteiger partial charge on any atom is 0.0798 e. The zero-order chi connectivity index (χ0) is 14.5. The lowest BCUT2D eigenvalue weighted by Gasteiger charge is -2.12. The first-order valence-electron chi connectivity index (χ1n) is 6.81. The topological polar surface area (TPSA) is 15.6 Å². The van der Waals surface area contributed by atoms with Crippen LogP contribution in [-0.4, -0.2) is 13.3 Å². The van der Waals surface area contributed by atoms with Crippen molar-refractivity contribution >= 4 is 29.4 Å². The van der Waals surface area contributed by atoms with E-state index in [0.29, 0.717) is 0 Å². The SMILES string of the molecule is CN1/C(=C\C=C\C=Nc2ccccc2)Sc2ccccc21. The Morgan fingerprint density at radius 2 is 1.71 bits per heavy atom. The lowest BCUT2D eigenvalue weighted by Crippen LogP contribution is -2.08. The molecule has 0 saturated carbocycles. The monoisotopic (exact) mass is 292 g/mol. The zero-order valence-corrected chi connectivity index (χ0v) is 12.6. The van der Waals surface area contributed by atoms with Gasteiger partial charge in [0, 0.05) is 18.2 Å². The maximum atomic E-state index is 4.37. The molecule has 0 atom stereocenters. The van der Waals surface area contributed by atoms with Gasteiger partial charge >= 0.3 is 0 Å². The van der Waals surface area contributed by atoms with Gasteiger partial charge in [-0.2, -0.15) is 0 Å². The second kappa shape index (κ2) is 6.46. The summed E-state index contributed by atoms with van der Waals surface area (Å²) in [7, 11) is 2.09. The molecular formula is C18H16N2S. The summed E-state index contributed by atoms with van der Waals surface area (Å²) in [6.07, 6.45) is 7.91. The Hall–Kier alpha value is -2.26. The number of hydrogen-bond acceptors (Lipinski definition) is 3. The molecule has 0 N–H and O–H groups in total. The molecule has 0 amide bonds. The van der Waals surface area contributed by atoms with E-state index in [2.05, 4.69) is 47.3 Å². The summed E-state index contributed by atoms with van der Waals surface area (Å²) >= 11 is 1.79. The number of thioether (sulfide) groups is 1. The van der Waals surface area contributed by atoms with Crippen LogP contribution in [-0.2, 0) is 0 Å². The first-order valence-corrected chi connectivity index (χ1v) is 7.63. The Labute approximate surface area is 129 Å². The van der Waals surface area contributed by atoms with E-state index in [0.717, 1.165) is 5.69 Å². The Kier molecular flexibility index (Phi) is 4.22. The molecule has 2 aromatic carbocycles. The highest BCUT2D eigenvalue weighted by Gasteiger charge is 2.20. The third-order valence-corrected chi connectivity index (χ3v) is 4.37. The lowest BCUT2D eigenvalue weighted by molar-refractivity contribution is 1.17. The van der Waals surface area contributed by atoms with E-state index in [9.17, 15) is 0 Å². The molecule has 0 aliphatic carbocycles. The number of para-hydroxylation sites is 2. The first kappa shape index (κ1) is 13.7. The zero-order valence-electron chi connectivity index (χ0n) is 11.8. The molecule has 0 radical (unpaired) electrons. The molecule has 2 nitrogen and oxygen atoms in total. The summed E-state index contributed by atoms with van der Waals surface area (Å²) in [5, 5.41) is 1.22. The molecule has 0 aromatic heterocycles. The summed E-state index contributed by atoms with van der Waals surface area (Å²) in [5.41, 5.74) is 2.23. The number of anilines is 1. The van der Waals surface area contributed by atoms with Crippen LogP contribution in [0.25, 0.3) is 0 Å². The number of rotatable bonds is 3. The summed E-state index contributed by atoms with van der Waals surface area (Å²) in [6, 6.07) is 18.4. The highest BCUT2D eigenvalue weighted by molar-refractivity contribution is 8.03. The number of allylic oxidation sites excluding steroid dienone is 3. The molecule has 0 bridgehead atoms. The molecular weight excluding hydrogens is 276 g/mol. The van der Waals surface area contributed by atoms with Crippen molar-refractivity contribution in [2.75, 3.05) is 11.9 Å². The fourth-order valence-electron chi connectivity index (χ4n) is 2.10. The van der Waals surface area contributed by atoms with E-state index in [1.807, 2.05) is 48.7 Å². The van der Waals surface area contributed by atoms with E-state index in [4.69, 9.17) is 0 Å². The minimum Gasteiger partial charge on any atom is -0.338 e.